The van der Waals surface area contributed by atoms with E-state index in [1.54, 1.807) is 6.92 Å². The van der Waals surface area contributed by atoms with Crippen LogP contribution in [0.3, 0.4) is 0 Å². The molecule has 0 unspecified atom stereocenters. The molecule has 1 atom stereocenters. The van der Waals surface area contributed by atoms with Crippen molar-refractivity contribution in [2.24, 2.45) is 0 Å². The van der Waals surface area contributed by atoms with Gasteiger partial charge in [0.15, 0.2) is 11.5 Å². The maximum Gasteiger partial charge on any atom is 0.387 e. The number of benzene rings is 2. The van der Waals surface area contributed by atoms with Gasteiger partial charge in [-0.25, -0.2) is 4.39 Å². The first kappa shape index (κ1) is 20.2. The third-order valence-electron chi connectivity index (χ3n) is 3.50. The van der Waals surface area contributed by atoms with E-state index in [1.165, 1.54) is 31.4 Å². The Labute approximate surface area is 157 Å². The number of hydrogen-bond acceptors (Lipinski definition) is 3. The monoisotopic (exact) mass is 407 g/mol. The molecule has 0 aliphatic rings. The summed E-state index contributed by atoms with van der Waals surface area (Å²) in [7, 11) is 1.26. The van der Waals surface area contributed by atoms with Gasteiger partial charge >= 0.3 is 6.61 Å². The Morgan fingerprint density at radius 2 is 1.88 bits per heavy atom. The van der Waals surface area contributed by atoms with Gasteiger partial charge in [0, 0.05) is 5.02 Å². The standard InChI is InChI=1S/C17H14Cl2F3NO3/c1-8(10-6-13(20)12(19)7-11(10)18)23-16(24)9-4-3-5-14(25-2)15(9)26-17(21)22/h3-8,17H,1-2H3,(H,23,24)/t8-/m1/s1. The second kappa shape index (κ2) is 8.51. The second-order valence-corrected chi connectivity index (χ2v) is 6.01. The third kappa shape index (κ3) is 4.53. The molecule has 1 N–H and O–H groups in total. The van der Waals surface area contributed by atoms with Crippen LogP contribution < -0.4 is 14.8 Å². The van der Waals surface area contributed by atoms with Crippen molar-refractivity contribution >= 4 is 29.1 Å². The van der Waals surface area contributed by atoms with Gasteiger partial charge in [-0.1, -0.05) is 29.3 Å². The van der Waals surface area contributed by atoms with Crippen molar-refractivity contribution in [1.29, 1.82) is 0 Å². The van der Waals surface area contributed by atoms with E-state index < -0.39 is 30.1 Å². The summed E-state index contributed by atoms with van der Waals surface area (Å²) in [4.78, 5) is 12.5. The number of alkyl halides is 2. The summed E-state index contributed by atoms with van der Waals surface area (Å²) in [6.45, 7) is -1.59. The molecule has 0 saturated carbocycles. The van der Waals surface area contributed by atoms with Crippen LogP contribution in [0.25, 0.3) is 0 Å². The van der Waals surface area contributed by atoms with Crippen molar-refractivity contribution in [3.8, 4) is 11.5 Å². The van der Waals surface area contributed by atoms with Crippen LogP contribution in [-0.4, -0.2) is 19.6 Å². The van der Waals surface area contributed by atoms with Gasteiger partial charge in [-0.05, 0) is 36.8 Å². The number of para-hydroxylation sites is 1. The first-order valence-electron chi connectivity index (χ1n) is 7.31. The predicted molar refractivity (Wildman–Crippen MR) is 91.9 cm³/mol. The lowest BCUT2D eigenvalue weighted by Crippen LogP contribution is -2.27. The topological polar surface area (TPSA) is 47.6 Å². The number of halogens is 5. The molecule has 0 fully saturated rings. The van der Waals surface area contributed by atoms with Crippen molar-refractivity contribution < 1.29 is 27.4 Å². The zero-order valence-corrected chi connectivity index (χ0v) is 15.2. The molecule has 0 bridgehead atoms. The van der Waals surface area contributed by atoms with Gasteiger partial charge in [-0.3, -0.25) is 4.79 Å². The Bertz CT molecular complexity index is 818. The molecule has 1 amide bonds. The highest BCUT2D eigenvalue weighted by Crippen LogP contribution is 2.33. The van der Waals surface area contributed by atoms with E-state index in [1.807, 2.05) is 0 Å². The van der Waals surface area contributed by atoms with Gasteiger partial charge in [-0.2, -0.15) is 8.78 Å². The number of carbonyl (C=O) groups excluding carboxylic acids is 1. The highest BCUT2D eigenvalue weighted by Gasteiger charge is 2.22. The lowest BCUT2D eigenvalue weighted by molar-refractivity contribution is -0.0515. The average Bonchev–Trinajstić information content (AvgIpc) is 2.57. The fourth-order valence-corrected chi connectivity index (χ4v) is 2.83. The van der Waals surface area contributed by atoms with E-state index >= 15 is 0 Å². The van der Waals surface area contributed by atoms with Gasteiger partial charge in [0.05, 0.1) is 23.7 Å². The van der Waals surface area contributed by atoms with Gasteiger partial charge < -0.3 is 14.8 Å². The van der Waals surface area contributed by atoms with Crippen LogP contribution in [0.2, 0.25) is 10.0 Å². The molecule has 0 saturated heterocycles. The fourth-order valence-electron chi connectivity index (χ4n) is 2.29. The number of hydrogen-bond donors (Lipinski definition) is 1. The zero-order valence-electron chi connectivity index (χ0n) is 13.7. The van der Waals surface area contributed by atoms with E-state index in [0.29, 0.717) is 0 Å². The second-order valence-electron chi connectivity index (χ2n) is 5.20. The Morgan fingerprint density at radius 1 is 1.19 bits per heavy atom. The van der Waals surface area contributed by atoms with Gasteiger partial charge in [0.25, 0.3) is 5.91 Å². The molecule has 26 heavy (non-hydrogen) atoms. The van der Waals surface area contributed by atoms with Crippen LogP contribution in [0.5, 0.6) is 11.5 Å². The van der Waals surface area contributed by atoms with Crippen LogP contribution in [0.1, 0.15) is 28.9 Å². The molecule has 0 aliphatic heterocycles. The SMILES string of the molecule is COc1cccc(C(=O)N[C@H](C)c2cc(F)c(Cl)cc2Cl)c1OC(F)F. The van der Waals surface area contributed by atoms with Crippen LogP contribution >= 0.6 is 23.2 Å². The smallest absolute Gasteiger partial charge is 0.387 e. The zero-order chi connectivity index (χ0) is 19.4. The highest BCUT2D eigenvalue weighted by atomic mass is 35.5. The van der Waals surface area contributed by atoms with E-state index in [-0.39, 0.29) is 26.9 Å². The summed E-state index contributed by atoms with van der Waals surface area (Å²) < 4.78 is 48.3. The Morgan fingerprint density at radius 3 is 2.50 bits per heavy atom. The van der Waals surface area contributed by atoms with Gasteiger partial charge in [0.1, 0.15) is 5.82 Å². The normalized spacial score (nSPS) is 12.0. The lowest BCUT2D eigenvalue weighted by atomic mass is 10.1. The molecular weight excluding hydrogens is 394 g/mol. The first-order valence-corrected chi connectivity index (χ1v) is 8.07. The number of carbonyl (C=O) groups is 1. The number of methoxy groups -OCH3 is 1. The molecule has 0 spiro atoms. The first-order chi connectivity index (χ1) is 12.2. The summed E-state index contributed by atoms with van der Waals surface area (Å²) in [5, 5.41) is 2.55. The fraction of sp³-hybridized carbons (Fsp3) is 0.235. The number of nitrogens with one attached hydrogen (secondary N) is 1. The molecule has 0 aliphatic carbocycles. The van der Waals surface area contributed by atoms with Crippen molar-refractivity contribution in [3.05, 3.63) is 57.3 Å². The van der Waals surface area contributed by atoms with Crippen molar-refractivity contribution in [1.82, 2.24) is 5.32 Å². The van der Waals surface area contributed by atoms with Gasteiger partial charge in [0.2, 0.25) is 0 Å². The molecular formula is C17H14Cl2F3NO3. The molecule has 0 aromatic heterocycles. The number of amides is 1. The van der Waals surface area contributed by atoms with Crippen molar-refractivity contribution in [3.63, 3.8) is 0 Å². The average molecular weight is 408 g/mol. The van der Waals surface area contributed by atoms with Crippen LogP contribution in [0.15, 0.2) is 30.3 Å². The summed E-state index contributed by atoms with van der Waals surface area (Å²) in [5.74, 6) is -1.85. The molecule has 0 radical (unpaired) electrons. The van der Waals surface area contributed by atoms with Crippen molar-refractivity contribution in [2.45, 2.75) is 19.6 Å². The Hall–Kier alpha value is -2.12. The number of rotatable bonds is 6. The molecule has 2 aromatic rings. The third-order valence-corrected chi connectivity index (χ3v) is 4.12. The quantitative estimate of drug-likeness (QED) is 0.666. The highest BCUT2D eigenvalue weighted by molar-refractivity contribution is 6.35. The Kier molecular flexibility index (Phi) is 6.61. The minimum absolute atomic E-state index is 0.0267. The van der Waals surface area contributed by atoms with E-state index in [2.05, 4.69) is 10.1 Å². The maximum absolute atomic E-state index is 13.7. The maximum atomic E-state index is 13.7. The minimum Gasteiger partial charge on any atom is -0.493 e. The molecule has 4 nitrogen and oxygen atoms in total. The minimum atomic E-state index is -3.14. The predicted octanol–water partition coefficient (Wildman–Crippen LogP) is 5.23. The van der Waals surface area contributed by atoms with Gasteiger partial charge in [-0.15, -0.1) is 0 Å². The molecule has 9 heteroatoms. The van der Waals surface area contributed by atoms with E-state index in [4.69, 9.17) is 27.9 Å². The van der Waals surface area contributed by atoms with Crippen LogP contribution in [0, 0.1) is 5.82 Å². The Balaban J connectivity index is 2.31. The molecule has 2 aromatic carbocycles. The summed E-state index contributed by atoms with van der Waals surface area (Å²) >= 11 is 11.7. The largest absolute Gasteiger partial charge is 0.493 e. The van der Waals surface area contributed by atoms with E-state index in [9.17, 15) is 18.0 Å². The summed E-state index contributed by atoms with van der Waals surface area (Å²) in [6, 6.07) is 5.71. The van der Waals surface area contributed by atoms with E-state index in [0.717, 1.165) is 6.07 Å². The van der Waals surface area contributed by atoms with Crippen molar-refractivity contribution in [2.75, 3.05) is 7.11 Å². The van der Waals surface area contributed by atoms with Crippen LogP contribution in [-0.2, 0) is 0 Å². The lowest BCUT2D eigenvalue weighted by Gasteiger charge is -2.18. The molecule has 2 rings (SSSR count). The number of ether oxygens (including phenoxy) is 2. The van der Waals surface area contributed by atoms with Crippen LogP contribution in [0.4, 0.5) is 13.2 Å². The molecule has 0 heterocycles. The molecule has 140 valence electrons. The summed E-state index contributed by atoms with van der Waals surface area (Å²) in [6.07, 6.45) is 0. The summed E-state index contributed by atoms with van der Waals surface area (Å²) in [5.41, 5.74) is 0.114.